The Labute approximate surface area is 93.6 Å². The largest absolute Gasteiger partial charge is 0.301 e. The molecular weight excluding hydrogens is 238 g/mol. The van der Waals surface area contributed by atoms with Gasteiger partial charge in [0.15, 0.2) is 0 Å². The summed E-state index contributed by atoms with van der Waals surface area (Å²) >= 11 is 3.67. The van der Waals surface area contributed by atoms with Gasteiger partial charge in [0, 0.05) is 17.6 Å². The van der Waals surface area contributed by atoms with Crippen molar-refractivity contribution in [2.45, 2.75) is 6.42 Å². The van der Waals surface area contributed by atoms with Crippen LogP contribution in [0.15, 0.2) is 34.8 Å². The predicted octanol–water partition coefficient (Wildman–Crippen LogP) is 3.13. The summed E-state index contributed by atoms with van der Waals surface area (Å²) in [5, 5.41) is 0. The SMILES string of the molecule is CN1CCC(c2ccccc2)=C(Br)C1. The monoisotopic (exact) mass is 251 g/mol. The zero-order valence-corrected chi connectivity index (χ0v) is 9.92. The molecule has 0 amide bonds. The maximum Gasteiger partial charge on any atom is 0.0299 e. The van der Waals surface area contributed by atoms with Gasteiger partial charge in [-0.3, -0.25) is 0 Å². The van der Waals surface area contributed by atoms with Crippen molar-refractivity contribution < 1.29 is 0 Å². The number of hydrogen-bond acceptors (Lipinski definition) is 1. The summed E-state index contributed by atoms with van der Waals surface area (Å²) < 4.78 is 1.33. The molecule has 0 unspecified atom stereocenters. The molecule has 2 rings (SSSR count). The average Bonchev–Trinajstić information content (AvgIpc) is 2.19. The molecule has 0 atom stereocenters. The second-order valence-electron chi connectivity index (χ2n) is 3.74. The third kappa shape index (κ3) is 2.07. The summed E-state index contributed by atoms with van der Waals surface area (Å²) in [5.74, 6) is 0. The molecule has 14 heavy (non-hydrogen) atoms. The van der Waals surface area contributed by atoms with E-state index in [0.29, 0.717) is 0 Å². The van der Waals surface area contributed by atoms with Gasteiger partial charge in [0.05, 0.1) is 0 Å². The first-order valence-corrected chi connectivity index (χ1v) is 5.68. The number of hydrogen-bond donors (Lipinski definition) is 0. The molecule has 0 fully saturated rings. The van der Waals surface area contributed by atoms with Crippen molar-refractivity contribution in [1.82, 2.24) is 4.90 Å². The fourth-order valence-corrected chi connectivity index (χ4v) is 2.65. The van der Waals surface area contributed by atoms with E-state index in [1.807, 2.05) is 0 Å². The Balaban J connectivity index is 2.31. The standard InChI is InChI=1S/C12H14BrN/c1-14-8-7-11(12(13)9-14)10-5-3-2-4-6-10/h2-6H,7-9H2,1H3. The normalized spacial score (nSPS) is 18.7. The van der Waals surface area contributed by atoms with Gasteiger partial charge in [-0.1, -0.05) is 46.3 Å². The molecule has 2 heteroatoms. The Morgan fingerprint density at radius 3 is 2.57 bits per heavy atom. The van der Waals surface area contributed by atoms with E-state index in [-0.39, 0.29) is 0 Å². The van der Waals surface area contributed by atoms with Crippen molar-refractivity contribution in [2.75, 3.05) is 20.1 Å². The first-order valence-electron chi connectivity index (χ1n) is 4.89. The molecule has 0 aliphatic carbocycles. The summed E-state index contributed by atoms with van der Waals surface area (Å²) in [4.78, 5) is 2.33. The quantitative estimate of drug-likeness (QED) is 0.742. The van der Waals surface area contributed by atoms with Crippen molar-refractivity contribution in [3.63, 3.8) is 0 Å². The van der Waals surface area contributed by atoms with Crippen LogP contribution < -0.4 is 0 Å². The minimum atomic E-state index is 1.03. The molecule has 1 nitrogen and oxygen atoms in total. The highest BCUT2D eigenvalue weighted by Crippen LogP contribution is 2.29. The second-order valence-corrected chi connectivity index (χ2v) is 4.69. The van der Waals surface area contributed by atoms with Crippen LogP contribution in [-0.2, 0) is 0 Å². The third-order valence-corrected chi connectivity index (χ3v) is 3.33. The van der Waals surface area contributed by atoms with Crippen molar-refractivity contribution in [1.29, 1.82) is 0 Å². The van der Waals surface area contributed by atoms with E-state index < -0.39 is 0 Å². The topological polar surface area (TPSA) is 3.24 Å². The van der Waals surface area contributed by atoms with Crippen LogP contribution in [0.2, 0.25) is 0 Å². The maximum absolute atomic E-state index is 3.67. The predicted molar refractivity (Wildman–Crippen MR) is 64.4 cm³/mol. The van der Waals surface area contributed by atoms with Crippen LogP contribution in [0.1, 0.15) is 12.0 Å². The van der Waals surface area contributed by atoms with Gasteiger partial charge in [-0.2, -0.15) is 0 Å². The fourth-order valence-electron chi connectivity index (χ4n) is 1.79. The lowest BCUT2D eigenvalue weighted by Crippen LogP contribution is -2.25. The van der Waals surface area contributed by atoms with Crippen LogP contribution in [-0.4, -0.2) is 25.0 Å². The number of rotatable bonds is 1. The second kappa shape index (κ2) is 4.28. The van der Waals surface area contributed by atoms with Gasteiger partial charge in [-0.15, -0.1) is 0 Å². The lowest BCUT2D eigenvalue weighted by Gasteiger charge is -2.25. The van der Waals surface area contributed by atoms with Crippen LogP contribution in [0.5, 0.6) is 0 Å². The van der Waals surface area contributed by atoms with Gasteiger partial charge >= 0.3 is 0 Å². The molecule has 0 radical (unpaired) electrons. The van der Waals surface area contributed by atoms with Gasteiger partial charge in [0.2, 0.25) is 0 Å². The smallest absolute Gasteiger partial charge is 0.0299 e. The molecule has 0 spiro atoms. The van der Waals surface area contributed by atoms with Crippen molar-refractivity contribution >= 4 is 21.5 Å². The van der Waals surface area contributed by atoms with E-state index in [2.05, 4.69) is 58.2 Å². The van der Waals surface area contributed by atoms with E-state index in [1.165, 1.54) is 15.6 Å². The highest BCUT2D eigenvalue weighted by atomic mass is 79.9. The summed E-state index contributed by atoms with van der Waals surface area (Å²) in [7, 11) is 2.16. The molecular formula is C12H14BrN. The van der Waals surface area contributed by atoms with Crippen molar-refractivity contribution in [3.8, 4) is 0 Å². The first-order chi connectivity index (χ1) is 6.77. The first kappa shape index (κ1) is 9.94. The zero-order chi connectivity index (χ0) is 9.97. The van der Waals surface area contributed by atoms with E-state index in [0.717, 1.165) is 19.5 Å². The molecule has 1 aliphatic heterocycles. The maximum atomic E-state index is 3.67. The fraction of sp³-hybridized carbons (Fsp3) is 0.333. The van der Waals surface area contributed by atoms with E-state index >= 15 is 0 Å². The summed E-state index contributed by atoms with van der Waals surface area (Å²) in [6.07, 6.45) is 1.14. The number of halogens is 1. The van der Waals surface area contributed by atoms with Crippen LogP contribution in [0, 0.1) is 0 Å². The van der Waals surface area contributed by atoms with Crippen LogP contribution in [0.3, 0.4) is 0 Å². The summed E-state index contributed by atoms with van der Waals surface area (Å²) in [5.41, 5.74) is 2.82. The molecule has 74 valence electrons. The molecule has 1 heterocycles. The average molecular weight is 252 g/mol. The Kier molecular flexibility index (Phi) is 3.04. The molecule has 0 aromatic heterocycles. The minimum absolute atomic E-state index is 1.03. The number of benzene rings is 1. The van der Waals surface area contributed by atoms with Crippen LogP contribution in [0.4, 0.5) is 0 Å². The number of likely N-dealkylation sites (N-methyl/N-ethyl adjacent to an activating group) is 1. The Bertz CT molecular complexity index is 343. The Hall–Kier alpha value is -0.600. The lowest BCUT2D eigenvalue weighted by atomic mass is 10.00. The molecule has 0 bridgehead atoms. The van der Waals surface area contributed by atoms with Crippen LogP contribution >= 0.6 is 15.9 Å². The minimum Gasteiger partial charge on any atom is -0.301 e. The van der Waals surface area contributed by atoms with Gasteiger partial charge in [-0.25, -0.2) is 0 Å². The summed E-state index contributed by atoms with van der Waals surface area (Å²) in [6.45, 7) is 2.18. The van der Waals surface area contributed by atoms with Crippen molar-refractivity contribution in [2.24, 2.45) is 0 Å². The van der Waals surface area contributed by atoms with E-state index in [4.69, 9.17) is 0 Å². The Morgan fingerprint density at radius 2 is 1.93 bits per heavy atom. The lowest BCUT2D eigenvalue weighted by molar-refractivity contribution is 0.367. The Morgan fingerprint density at radius 1 is 1.21 bits per heavy atom. The van der Waals surface area contributed by atoms with Gasteiger partial charge in [0.25, 0.3) is 0 Å². The molecule has 1 aromatic carbocycles. The number of nitrogens with zero attached hydrogens (tertiary/aromatic N) is 1. The zero-order valence-electron chi connectivity index (χ0n) is 8.33. The van der Waals surface area contributed by atoms with E-state index in [1.54, 1.807) is 0 Å². The molecule has 0 saturated heterocycles. The summed E-state index contributed by atoms with van der Waals surface area (Å²) in [6, 6.07) is 10.6. The highest BCUT2D eigenvalue weighted by molar-refractivity contribution is 9.11. The van der Waals surface area contributed by atoms with Crippen molar-refractivity contribution in [3.05, 3.63) is 40.4 Å². The molecule has 1 aromatic rings. The molecule has 1 aliphatic rings. The van der Waals surface area contributed by atoms with Gasteiger partial charge < -0.3 is 4.90 Å². The van der Waals surface area contributed by atoms with Gasteiger partial charge in [-0.05, 0) is 24.6 Å². The molecule has 0 N–H and O–H groups in total. The van der Waals surface area contributed by atoms with Crippen LogP contribution in [0.25, 0.3) is 5.57 Å². The highest BCUT2D eigenvalue weighted by Gasteiger charge is 2.14. The third-order valence-electron chi connectivity index (χ3n) is 2.60. The van der Waals surface area contributed by atoms with Gasteiger partial charge in [0.1, 0.15) is 0 Å². The molecule has 0 saturated carbocycles. The van der Waals surface area contributed by atoms with E-state index in [9.17, 15) is 0 Å².